The highest BCUT2D eigenvalue weighted by Gasteiger charge is 2.17. The number of nitrogens with zero attached hydrogens (tertiary/aromatic N) is 4. The molecule has 4 rings (SSSR count). The highest BCUT2D eigenvalue weighted by molar-refractivity contribution is 7.17. The summed E-state index contributed by atoms with van der Waals surface area (Å²) in [5.74, 6) is -0.875. The number of aryl methyl sites for hydroxylation is 1. The molecule has 4 aromatic rings. The van der Waals surface area contributed by atoms with Crippen molar-refractivity contribution in [1.29, 1.82) is 0 Å². The van der Waals surface area contributed by atoms with Gasteiger partial charge in [-0.05, 0) is 37.3 Å². The van der Waals surface area contributed by atoms with Gasteiger partial charge in [0.2, 0.25) is 0 Å². The van der Waals surface area contributed by atoms with Gasteiger partial charge in [-0.15, -0.1) is 11.3 Å². The van der Waals surface area contributed by atoms with Gasteiger partial charge in [-0.1, -0.05) is 23.7 Å². The molecule has 1 N–H and O–H groups in total. The maximum absolute atomic E-state index is 14.3. The van der Waals surface area contributed by atoms with Crippen LogP contribution >= 0.6 is 22.9 Å². The molecule has 0 spiro atoms. The molecule has 9 heteroatoms. The third-order valence-electron chi connectivity index (χ3n) is 3.95. The SMILES string of the molecule is Cc1nc(-c2cccc(Cl)c2)sc1C(=O)Nc1ccc(-n2cncn2)c(F)c1. The molecule has 0 bridgehead atoms. The van der Waals surface area contributed by atoms with E-state index < -0.39 is 5.82 Å². The van der Waals surface area contributed by atoms with E-state index in [4.69, 9.17) is 11.6 Å². The van der Waals surface area contributed by atoms with Crippen molar-refractivity contribution in [2.75, 3.05) is 5.32 Å². The lowest BCUT2D eigenvalue weighted by molar-refractivity contribution is 0.103. The lowest BCUT2D eigenvalue weighted by atomic mass is 10.2. The molecule has 1 amide bonds. The monoisotopic (exact) mass is 413 g/mol. The van der Waals surface area contributed by atoms with Crippen LogP contribution in [0.1, 0.15) is 15.4 Å². The molecule has 0 aliphatic rings. The Bertz CT molecular complexity index is 1160. The molecule has 2 heterocycles. The summed E-state index contributed by atoms with van der Waals surface area (Å²) in [4.78, 5) is 21.4. The lowest BCUT2D eigenvalue weighted by Gasteiger charge is -2.07. The fourth-order valence-electron chi connectivity index (χ4n) is 2.64. The molecule has 2 aromatic carbocycles. The smallest absolute Gasteiger partial charge is 0.267 e. The van der Waals surface area contributed by atoms with Crippen LogP contribution in [-0.4, -0.2) is 25.7 Å². The van der Waals surface area contributed by atoms with Gasteiger partial charge in [-0.2, -0.15) is 5.10 Å². The van der Waals surface area contributed by atoms with Gasteiger partial charge in [-0.25, -0.2) is 19.0 Å². The van der Waals surface area contributed by atoms with Crippen LogP contribution in [0.25, 0.3) is 16.3 Å². The first kappa shape index (κ1) is 18.3. The van der Waals surface area contributed by atoms with E-state index in [9.17, 15) is 9.18 Å². The maximum atomic E-state index is 14.3. The third kappa shape index (κ3) is 3.64. The molecule has 0 saturated carbocycles. The van der Waals surface area contributed by atoms with Gasteiger partial charge in [0.05, 0.1) is 5.69 Å². The fraction of sp³-hybridized carbons (Fsp3) is 0.0526. The quantitative estimate of drug-likeness (QED) is 0.524. The summed E-state index contributed by atoms with van der Waals surface area (Å²) >= 11 is 7.28. The number of carbonyl (C=O) groups excluding carboxylic acids is 1. The van der Waals surface area contributed by atoms with E-state index in [2.05, 4.69) is 20.4 Å². The van der Waals surface area contributed by atoms with Crippen molar-refractivity contribution >= 4 is 34.5 Å². The average Bonchev–Trinajstić information content (AvgIpc) is 3.32. The summed E-state index contributed by atoms with van der Waals surface area (Å²) in [6.07, 6.45) is 2.72. The highest BCUT2D eigenvalue weighted by Crippen LogP contribution is 2.30. The van der Waals surface area contributed by atoms with Crippen molar-refractivity contribution in [3.8, 4) is 16.3 Å². The zero-order chi connectivity index (χ0) is 19.7. The molecular weight excluding hydrogens is 401 g/mol. The van der Waals surface area contributed by atoms with E-state index in [-0.39, 0.29) is 11.6 Å². The van der Waals surface area contributed by atoms with Crippen LogP contribution in [-0.2, 0) is 0 Å². The molecular formula is C19H13ClFN5OS. The van der Waals surface area contributed by atoms with Gasteiger partial charge in [-0.3, -0.25) is 4.79 Å². The van der Waals surface area contributed by atoms with Crippen LogP contribution in [0.5, 0.6) is 0 Å². The van der Waals surface area contributed by atoms with Crippen molar-refractivity contribution in [2.45, 2.75) is 6.92 Å². The summed E-state index contributed by atoms with van der Waals surface area (Å²) < 4.78 is 15.7. The molecule has 0 saturated heterocycles. The maximum Gasteiger partial charge on any atom is 0.267 e. The first-order valence-corrected chi connectivity index (χ1v) is 9.40. The van der Waals surface area contributed by atoms with Gasteiger partial charge in [0.15, 0.2) is 5.82 Å². The number of hydrogen-bond acceptors (Lipinski definition) is 5. The van der Waals surface area contributed by atoms with E-state index in [1.807, 2.05) is 12.1 Å². The van der Waals surface area contributed by atoms with Gasteiger partial charge in [0.1, 0.15) is 28.2 Å². The van der Waals surface area contributed by atoms with Gasteiger partial charge < -0.3 is 5.32 Å². The van der Waals surface area contributed by atoms with Crippen LogP contribution in [0.15, 0.2) is 55.1 Å². The topological polar surface area (TPSA) is 72.7 Å². The van der Waals surface area contributed by atoms with Crippen LogP contribution in [0, 0.1) is 12.7 Å². The van der Waals surface area contributed by atoms with E-state index in [1.165, 1.54) is 40.8 Å². The molecule has 140 valence electrons. The van der Waals surface area contributed by atoms with Crippen molar-refractivity contribution in [3.63, 3.8) is 0 Å². The first-order chi connectivity index (χ1) is 13.5. The Balaban J connectivity index is 1.57. The Labute approximate surface area is 168 Å². The summed E-state index contributed by atoms with van der Waals surface area (Å²) in [6.45, 7) is 1.76. The van der Waals surface area contributed by atoms with E-state index in [0.717, 1.165) is 5.56 Å². The zero-order valence-corrected chi connectivity index (χ0v) is 16.1. The van der Waals surface area contributed by atoms with Crippen molar-refractivity contribution < 1.29 is 9.18 Å². The predicted molar refractivity (Wildman–Crippen MR) is 107 cm³/mol. The Kier molecular flexibility index (Phi) is 4.89. The zero-order valence-electron chi connectivity index (χ0n) is 14.6. The van der Waals surface area contributed by atoms with Crippen molar-refractivity contribution in [3.05, 3.63) is 76.5 Å². The minimum atomic E-state index is -0.524. The Morgan fingerprint density at radius 2 is 2.11 bits per heavy atom. The number of rotatable bonds is 4. The minimum Gasteiger partial charge on any atom is -0.321 e. The fourth-order valence-corrected chi connectivity index (χ4v) is 3.79. The molecule has 0 aliphatic carbocycles. The summed E-state index contributed by atoms with van der Waals surface area (Å²) in [6, 6.07) is 11.6. The van der Waals surface area contributed by atoms with Crippen LogP contribution in [0.3, 0.4) is 0 Å². The number of amides is 1. The van der Waals surface area contributed by atoms with Crippen LogP contribution in [0.2, 0.25) is 5.02 Å². The Morgan fingerprint density at radius 3 is 2.82 bits per heavy atom. The lowest BCUT2D eigenvalue weighted by Crippen LogP contribution is -2.12. The summed E-state index contributed by atoms with van der Waals surface area (Å²) in [5, 5.41) is 7.89. The number of anilines is 1. The van der Waals surface area contributed by atoms with Gasteiger partial charge in [0.25, 0.3) is 5.91 Å². The van der Waals surface area contributed by atoms with Gasteiger partial charge >= 0.3 is 0 Å². The molecule has 28 heavy (non-hydrogen) atoms. The highest BCUT2D eigenvalue weighted by atomic mass is 35.5. The normalized spacial score (nSPS) is 10.8. The summed E-state index contributed by atoms with van der Waals surface area (Å²) in [5.41, 5.74) is 2.01. The average molecular weight is 414 g/mol. The molecule has 0 aliphatic heterocycles. The second kappa shape index (κ2) is 7.49. The molecule has 0 atom stereocenters. The largest absolute Gasteiger partial charge is 0.321 e. The number of hydrogen-bond donors (Lipinski definition) is 1. The minimum absolute atomic E-state index is 0.243. The standard InChI is InChI=1S/C19H13ClFN5OS/c1-11-17(28-19(24-11)12-3-2-4-13(20)7-12)18(27)25-14-5-6-16(15(21)8-14)26-10-22-9-23-26/h2-10H,1H3,(H,25,27). The Hall–Kier alpha value is -3.10. The number of carbonyl (C=O) groups is 1. The number of halogens is 2. The number of nitrogens with one attached hydrogen (secondary N) is 1. The molecule has 0 unspecified atom stereocenters. The second-order valence-corrected chi connectivity index (χ2v) is 7.34. The van der Waals surface area contributed by atoms with E-state index >= 15 is 0 Å². The second-order valence-electron chi connectivity index (χ2n) is 5.90. The molecule has 0 fully saturated rings. The number of aromatic nitrogens is 4. The van der Waals surface area contributed by atoms with Crippen molar-refractivity contribution in [1.82, 2.24) is 19.7 Å². The van der Waals surface area contributed by atoms with E-state index in [0.29, 0.717) is 26.3 Å². The molecule has 0 radical (unpaired) electrons. The third-order valence-corrected chi connectivity index (χ3v) is 5.39. The van der Waals surface area contributed by atoms with Crippen LogP contribution < -0.4 is 5.32 Å². The van der Waals surface area contributed by atoms with E-state index in [1.54, 1.807) is 25.1 Å². The molecule has 2 aromatic heterocycles. The number of benzene rings is 2. The predicted octanol–water partition coefficient (Wildman–Crippen LogP) is 4.74. The summed E-state index contributed by atoms with van der Waals surface area (Å²) in [7, 11) is 0. The number of thiazole rings is 1. The van der Waals surface area contributed by atoms with Gasteiger partial charge in [0, 0.05) is 16.3 Å². The first-order valence-electron chi connectivity index (χ1n) is 8.20. The van der Waals surface area contributed by atoms with Crippen LogP contribution in [0.4, 0.5) is 10.1 Å². The molecule has 6 nitrogen and oxygen atoms in total. The van der Waals surface area contributed by atoms with Crippen molar-refractivity contribution in [2.24, 2.45) is 0 Å². The Morgan fingerprint density at radius 1 is 1.25 bits per heavy atom.